The quantitative estimate of drug-likeness (QED) is 0.810. The molecule has 0 heterocycles. The molecule has 1 unspecified atom stereocenters. The maximum absolute atomic E-state index is 3.44. The lowest BCUT2D eigenvalue weighted by molar-refractivity contribution is 0.625. The van der Waals surface area contributed by atoms with E-state index in [4.69, 9.17) is 0 Å². The van der Waals surface area contributed by atoms with Crippen LogP contribution < -0.4 is 10.2 Å². The minimum Gasteiger partial charge on any atom is -0.378 e. The first-order valence-corrected chi connectivity index (χ1v) is 6.32. The summed E-state index contributed by atoms with van der Waals surface area (Å²) in [5.41, 5.74) is 2.49. The Kier molecular flexibility index (Phi) is 5.78. The van der Waals surface area contributed by atoms with Gasteiger partial charge >= 0.3 is 0 Å². The van der Waals surface area contributed by atoms with Crippen LogP contribution in [0.5, 0.6) is 0 Å². The van der Waals surface area contributed by atoms with Crippen molar-refractivity contribution < 1.29 is 0 Å². The predicted molar refractivity (Wildman–Crippen MR) is 77.6 cm³/mol. The highest BCUT2D eigenvalue weighted by Crippen LogP contribution is 2.13. The summed E-state index contributed by atoms with van der Waals surface area (Å²) in [5, 5.41) is 3.44. The summed E-state index contributed by atoms with van der Waals surface area (Å²) in [7, 11) is 4.11. The van der Waals surface area contributed by atoms with Gasteiger partial charge in [-0.05, 0) is 37.6 Å². The zero-order chi connectivity index (χ0) is 12.7. The zero-order valence-corrected chi connectivity index (χ0v) is 11.4. The highest BCUT2D eigenvalue weighted by molar-refractivity contribution is 5.55. The van der Waals surface area contributed by atoms with E-state index in [1.165, 1.54) is 17.7 Å². The molecule has 1 aromatic carbocycles. The minimum atomic E-state index is 0.434. The fourth-order valence-electron chi connectivity index (χ4n) is 1.58. The van der Waals surface area contributed by atoms with Crippen LogP contribution in [0.25, 0.3) is 6.08 Å². The van der Waals surface area contributed by atoms with Crippen LogP contribution >= 0.6 is 0 Å². The molecule has 0 amide bonds. The molecule has 0 aromatic heterocycles. The third kappa shape index (κ3) is 5.05. The molecule has 0 fully saturated rings. The van der Waals surface area contributed by atoms with Gasteiger partial charge in [-0.15, -0.1) is 0 Å². The molecule has 0 spiro atoms. The Morgan fingerprint density at radius 1 is 1.24 bits per heavy atom. The van der Waals surface area contributed by atoms with E-state index in [-0.39, 0.29) is 0 Å². The van der Waals surface area contributed by atoms with E-state index in [9.17, 15) is 0 Å². The zero-order valence-electron chi connectivity index (χ0n) is 11.4. The number of rotatable bonds is 6. The van der Waals surface area contributed by atoms with E-state index in [2.05, 4.69) is 74.6 Å². The molecule has 2 heteroatoms. The molecule has 17 heavy (non-hydrogen) atoms. The molecule has 1 N–H and O–H groups in total. The lowest BCUT2D eigenvalue weighted by Crippen LogP contribution is -2.24. The van der Waals surface area contributed by atoms with Gasteiger partial charge in [-0.3, -0.25) is 0 Å². The monoisotopic (exact) mass is 232 g/mol. The van der Waals surface area contributed by atoms with Crippen LogP contribution in [0.4, 0.5) is 5.69 Å². The molecule has 0 saturated carbocycles. The topological polar surface area (TPSA) is 15.3 Å². The van der Waals surface area contributed by atoms with Crippen LogP contribution in [0.1, 0.15) is 25.8 Å². The van der Waals surface area contributed by atoms with Crippen molar-refractivity contribution in [2.24, 2.45) is 0 Å². The van der Waals surface area contributed by atoms with E-state index in [0.717, 1.165) is 6.54 Å². The van der Waals surface area contributed by atoms with Gasteiger partial charge in [0.15, 0.2) is 0 Å². The molecule has 0 aliphatic carbocycles. The number of anilines is 1. The molecule has 0 aliphatic rings. The first kappa shape index (κ1) is 13.8. The highest BCUT2D eigenvalue weighted by atomic mass is 15.1. The van der Waals surface area contributed by atoms with Crippen LogP contribution in [-0.4, -0.2) is 26.7 Å². The predicted octanol–water partition coefficient (Wildman–Crippen LogP) is 3.15. The Bertz CT molecular complexity index is 338. The summed E-state index contributed by atoms with van der Waals surface area (Å²) < 4.78 is 0. The van der Waals surface area contributed by atoms with Gasteiger partial charge in [0.2, 0.25) is 0 Å². The normalized spacial score (nSPS) is 12.9. The third-order valence-corrected chi connectivity index (χ3v) is 2.70. The summed E-state index contributed by atoms with van der Waals surface area (Å²) >= 11 is 0. The van der Waals surface area contributed by atoms with Crippen LogP contribution in [0.3, 0.4) is 0 Å². The van der Waals surface area contributed by atoms with Gasteiger partial charge < -0.3 is 10.2 Å². The van der Waals surface area contributed by atoms with Crippen molar-refractivity contribution >= 4 is 11.8 Å². The van der Waals surface area contributed by atoms with Crippen molar-refractivity contribution in [2.75, 3.05) is 25.5 Å². The fraction of sp³-hybridized carbons (Fsp3) is 0.467. The second-order valence-electron chi connectivity index (χ2n) is 4.59. The molecular weight excluding hydrogens is 208 g/mol. The van der Waals surface area contributed by atoms with Gasteiger partial charge in [-0.25, -0.2) is 0 Å². The number of nitrogens with zero attached hydrogens (tertiary/aromatic N) is 1. The number of benzene rings is 1. The molecule has 0 radical (unpaired) electrons. The van der Waals surface area contributed by atoms with Crippen LogP contribution in [-0.2, 0) is 0 Å². The summed E-state index contributed by atoms with van der Waals surface area (Å²) in [5.74, 6) is 0. The van der Waals surface area contributed by atoms with Crippen molar-refractivity contribution in [3.05, 3.63) is 35.9 Å². The van der Waals surface area contributed by atoms with E-state index < -0.39 is 0 Å². The average Bonchev–Trinajstić information content (AvgIpc) is 2.34. The molecule has 1 rings (SSSR count). The Morgan fingerprint density at radius 2 is 1.88 bits per heavy atom. The van der Waals surface area contributed by atoms with Gasteiger partial charge in [-0.2, -0.15) is 0 Å². The summed E-state index contributed by atoms with van der Waals surface area (Å²) in [6.45, 7) is 5.44. The van der Waals surface area contributed by atoms with E-state index >= 15 is 0 Å². The Balaban J connectivity index is 2.53. The first-order chi connectivity index (χ1) is 8.13. The van der Waals surface area contributed by atoms with Gasteiger partial charge in [0.1, 0.15) is 0 Å². The third-order valence-electron chi connectivity index (χ3n) is 2.70. The molecular formula is C15H24N2. The van der Waals surface area contributed by atoms with Crippen molar-refractivity contribution in [1.29, 1.82) is 0 Å². The SMILES string of the molecule is CCCNC(C)/C=C/c1ccc(N(C)C)cc1. The summed E-state index contributed by atoms with van der Waals surface area (Å²) in [6.07, 6.45) is 5.56. The fourth-order valence-corrected chi connectivity index (χ4v) is 1.58. The second kappa shape index (κ2) is 7.13. The lowest BCUT2D eigenvalue weighted by Gasteiger charge is -2.12. The summed E-state index contributed by atoms with van der Waals surface area (Å²) in [6, 6.07) is 9.02. The number of hydrogen-bond acceptors (Lipinski definition) is 2. The lowest BCUT2D eigenvalue weighted by atomic mass is 10.1. The Labute approximate surface area is 105 Å². The molecule has 0 bridgehead atoms. The standard InChI is InChI=1S/C15H24N2/c1-5-12-16-13(2)6-7-14-8-10-15(11-9-14)17(3)4/h6-11,13,16H,5,12H2,1-4H3/b7-6+. The Hall–Kier alpha value is -1.28. The summed E-state index contributed by atoms with van der Waals surface area (Å²) in [4.78, 5) is 2.11. The van der Waals surface area contributed by atoms with E-state index in [1.807, 2.05) is 0 Å². The van der Waals surface area contributed by atoms with Crippen molar-refractivity contribution in [1.82, 2.24) is 5.32 Å². The molecule has 0 aliphatic heterocycles. The molecule has 2 nitrogen and oxygen atoms in total. The van der Waals surface area contributed by atoms with E-state index in [0.29, 0.717) is 6.04 Å². The van der Waals surface area contributed by atoms with Crippen molar-refractivity contribution in [3.8, 4) is 0 Å². The average molecular weight is 232 g/mol. The van der Waals surface area contributed by atoms with Crippen LogP contribution in [0.15, 0.2) is 30.3 Å². The van der Waals surface area contributed by atoms with Crippen LogP contribution in [0.2, 0.25) is 0 Å². The highest BCUT2D eigenvalue weighted by Gasteiger charge is 1.95. The smallest absolute Gasteiger partial charge is 0.0361 e. The van der Waals surface area contributed by atoms with Gasteiger partial charge in [-0.1, -0.05) is 31.2 Å². The first-order valence-electron chi connectivity index (χ1n) is 6.32. The molecule has 1 aromatic rings. The second-order valence-corrected chi connectivity index (χ2v) is 4.59. The van der Waals surface area contributed by atoms with Gasteiger partial charge in [0, 0.05) is 25.8 Å². The Morgan fingerprint density at radius 3 is 2.41 bits per heavy atom. The van der Waals surface area contributed by atoms with Crippen LogP contribution in [0, 0.1) is 0 Å². The number of nitrogens with one attached hydrogen (secondary N) is 1. The largest absolute Gasteiger partial charge is 0.378 e. The van der Waals surface area contributed by atoms with E-state index in [1.54, 1.807) is 0 Å². The molecule has 1 atom stereocenters. The minimum absolute atomic E-state index is 0.434. The molecule has 94 valence electrons. The van der Waals surface area contributed by atoms with Crippen molar-refractivity contribution in [2.45, 2.75) is 26.3 Å². The molecule has 0 saturated heterocycles. The van der Waals surface area contributed by atoms with Gasteiger partial charge in [0.05, 0.1) is 0 Å². The van der Waals surface area contributed by atoms with Gasteiger partial charge in [0.25, 0.3) is 0 Å². The van der Waals surface area contributed by atoms with Crippen molar-refractivity contribution in [3.63, 3.8) is 0 Å². The maximum atomic E-state index is 3.44. The maximum Gasteiger partial charge on any atom is 0.0361 e. The number of hydrogen-bond donors (Lipinski definition) is 1.